The molecule has 0 aromatic carbocycles. The summed E-state index contributed by atoms with van der Waals surface area (Å²) in [6.07, 6.45) is 1.18. The maximum Gasteiger partial charge on any atom is 0.237 e. The molecule has 0 saturated carbocycles. The van der Waals surface area contributed by atoms with Crippen molar-refractivity contribution in [1.82, 2.24) is 5.32 Å². The Labute approximate surface area is 84.6 Å². The van der Waals surface area contributed by atoms with Crippen LogP contribution >= 0.6 is 0 Å². The Hall–Kier alpha value is -0.650. The number of carbonyl (C=O) groups excluding carboxylic acids is 1. The lowest BCUT2D eigenvalue weighted by molar-refractivity contribution is -0.123. The fourth-order valence-corrected chi connectivity index (χ4v) is 0.961. The minimum absolute atomic E-state index is 0.0563. The molecule has 0 saturated heterocycles. The molecule has 5 heteroatoms. The predicted octanol–water partition coefficient (Wildman–Crippen LogP) is -0.763. The van der Waals surface area contributed by atoms with E-state index in [1.54, 1.807) is 7.11 Å². The highest BCUT2D eigenvalue weighted by Gasteiger charge is 2.15. The number of nitrogens with one attached hydrogen (secondary N) is 1. The summed E-state index contributed by atoms with van der Waals surface area (Å²) >= 11 is 0. The summed E-state index contributed by atoms with van der Waals surface area (Å²) in [6, 6.07) is -0.758. The molecule has 14 heavy (non-hydrogen) atoms. The standard InChI is InChI=1S/C9H20N2O3/c1-3-7(6-12)11-9(13)8(10)4-5-14-2/h7-8,12H,3-6,10H2,1-2H3,(H,11,13). The molecule has 0 aromatic rings. The van der Waals surface area contributed by atoms with Crippen molar-refractivity contribution in [3.8, 4) is 0 Å². The second kappa shape index (κ2) is 7.73. The van der Waals surface area contributed by atoms with Crippen molar-refractivity contribution in [3.05, 3.63) is 0 Å². The van der Waals surface area contributed by atoms with E-state index < -0.39 is 6.04 Å². The molecule has 0 radical (unpaired) electrons. The zero-order valence-electron chi connectivity index (χ0n) is 8.82. The monoisotopic (exact) mass is 204 g/mol. The fourth-order valence-electron chi connectivity index (χ4n) is 0.961. The van der Waals surface area contributed by atoms with Gasteiger partial charge in [0.2, 0.25) is 5.91 Å². The smallest absolute Gasteiger partial charge is 0.237 e. The van der Waals surface area contributed by atoms with Gasteiger partial charge in [0, 0.05) is 13.7 Å². The van der Waals surface area contributed by atoms with Gasteiger partial charge in [0.25, 0.3) is 0 Å². The summed E-state index contributed by atoms with van der Waals surface area (Å²) in [7, 11) is 1.56. The molecule has 2 unspecified atom stereocenters. The number of methoxy groups -OCH3 is 1. The average molecular weight is 204 g/mol. The van der Waals surface area contributed by atoms with Crippen molar-refractivity contribution in [3.63, 3.8) is 0 Å². The second-order valence-corrected chi connectivity index (χ2v) is 3.18. The maximum atomic E-state index is 11.4. The Morgan fingerprint density at radius 3 is 2.71 bits per heavy atom. The Bertz CT molecular complexity index is 160. The summed E-state index contributed by atoms with van der Waals surface area (Å²) < 4.78 is 4.81. The third-order valence-corrected chi connectivity index (χ3v) is 2.03. The Morgan fingerprint density at radius 2 is 2.29 bits per heavy atom. The fraction of sp³-hybridized carbons (Fsp3) is 0.889. The highest BCUT2D eigenvalue weighted by Crippen LogP contribution is 1.93. The quantitative estimate of drug-likeness (QED) is 0.509. The highest BCUT2D eigenvalue weighted by molar-refractivity contribution is 5.81. The molecule has 1 amide bonds. The third-order valence-electron chi connectivity index (χ3n) is 2.03. The molecule has 2 atom stereocenters. The van der Waals surface area contributed by atoms with Crippen LogP contribution in [0.25, 0.3) is 0 Å². The van der Waals surface area contributed by atoms with E-state index >= 15 is 0 Å². The van der Waals surface area contributed by atoms with Gasteiger partial charge in [0.15, 0.2) is 0 Å². The first-order chi connectivity index (χ1) is 6.65. The molecule has 0 bridgehead atoms. The van der Waals surface area contributed by atoms with E-state index in [0.717, 1.165) is 0 Å². The van der Waals surface area contributed by atoms with E-state index in [4.69, 9.17) is 15.6 Å². The van der Waals surface area contributed by atoms with Crippen LogP contribution in [0.3, 0.4) is 0 Å². The molecule has 0 aliphatic rings. The molecule has 84 valence electrons. The molecule has 0 aromatic heterocycles. The Balaban J connectivity index is 3.81. The summed E-state index contributed by atoms with van der Waals surface area (Å²) in [5.41, 5.74) is 5.59. The van der Waals surface area contributed by atoms with Gasteiger partial charge in [-0.1, -0.05) is 6.92 Å². The van der Waals surface area contributed by atoms with Gasteiger partial charge in [0.05, 0.1) is 18.7 Å². The lowest BCUT2D eigenvalue weighted by Crippen LogP contribution is -2.46. The van der Waals surface area contributed by atoms with E-state index in [-0.39, 0.29) is 18.6 Å². The van der Waals surface area contributed by atoms with E-state index in [9.17, 15) is 4.79 Å². The largest absolute Gasteiger partial charge is 0.394 e. The first kappa shape index (κ1) is 13.4. The van der Waals surface area contributed by atoms with Gasteiger partial charge in [-0.25, -0.2) is 0 Å². The van der Waals surface area contributed by atoms with Gasteiger partial charge in [0.1, 0.15) is 0 Å². The van der Waals surface area contributed by atoms with Gasteiger partial charge < -0.3 is 20.9 Å². The van der Waals surface area contributed by atoms with Crippen LogP contribution in [-0.2, 0) is 9.53 Å². The molecule has 5 nitrogen and oxygen atoms in total. The third kappa shape index (κ3) is 5.16. The van der Waals surface area contributed by atoms with Gasteiger partial charge >= 0.3 is 0 Å². The average Bonchev–Trinajstić information content (AvgIpc) is 2.21. The molecule has 0 aliphatic heterocycles. The van der Waals surface area contributed by atoms with Crippen LogP contribution in [0.4, 0.5) is 0 Å². The van der Waals surface area contributed by atoms with E-state index in [1.165, 1.54) is 0 Å². The van der Waals surface area contributed by atoms with E-state index in [0.29, 0.717) is 19.4 Å². The number of nitrogens with two attached hydrogens (primary N) is 1. The van der Waals surface area contributed by atoms with Crippen LogP contribution < -0.4 is 11.1 Å². The summed E-state index contributed by atoms with van der Waals surface area (Å²) in [4.78, 5) is 11.4. The zero-order chi connectivity index (χ0) is 11.0. The number of hydrogen-bond donors (Lipinski definition) is 3. The maximum absolute atomic E-state index is 11.4. The van der Waals surface area contributed by atoms with Crippen LogP contribution in [0.5, 0.6) is 0 Å². The van der Waals surface area contributed by atoms with Crippen LogP contribution in [-0.4, -0.2) is 43.4 Å². The zero-order valence-corrected chi connectivity index (χ0v) is 8.82. The molecule has 0 heterocycles. The lowest BCUT2D eigenvalue weighted by Gasteiger charge is -2.17. The first-order valence-electron chi connectivity index (χ1n) is 4.81. The van der Waals surface area contributed by atoms with E-state index in [2.05, 4.69) is 5.32 Å². The van der Waals surface area contributed by atoms with Crippen molar-refractivity contribution in [2.75, 3.05) is 20.3 Å². The van der Waals surface area contributed by atoms with Gasteiger partial charge in [-0.05, 0) is 12.8 Å². The Morgan fingerprint density at radius 1 is 1.64 bits per heavy atom. The van der Waals surface area contributed by atoms with Crippen molar-refractivity contribution in [2.24, 2.45) is 5.73 Å². The van der Waals surface area contributed by atoms with Gasteiger partial charge in [-0.15, -0.1) is 0 Å². The minimum Gasteiger partial charge on any atom is -0.394 e. The second-order valence-electron chi connectivity index (χ2n) is 3.18. The van der Waals surface area contributed by atoms with Crippen molar-refractivity contribution in [1.29, 1.82) is 0 Å². The number of carbonyl (C=O) groups is 1. The number of aliphatic hydroxyl groups excluding tert-OH is 1. The van der Waals surface area contributed by atoms with Crippen LogP contribution in [0.1, 0.15) is 19.8 Å². The number of rotatable bonds is 7. The van der Waals surface area contributed by atoms with Crippen LogP contribution in [0.2, 0.25) is 0 Å². The van der Waals surface area contributed by atoms with Crippen molar-refractivity contribution in [2.45, 2.75) is 31.8 Å². The van der Waals surface area contributed by atoms with Gasteiger partial charge in [-0.3, -0.25) is 4.79 Å². The molecule has 0 rings (SSSR count). The number of hydrogen-bond acceptors (Lipinski definition) is 4. The Kier molecular flexibility index (Phi) is 7.37. The molecule has 0 fully saturated rings. The van der Waals surface area contributed by atoms with Crippen molar-refractivity contribution < 1.29 is 14.6 Å². The molecule has 0 aliphatic carbocycles. The lowest BCUT2D eigenvalue weighted by atomic mass is 10.2. The number of ether oxygens (including phenoxy) is 1. The summed E-state index contributed by atoms with van der Waals surface area (Å²) in [6.45, 7) is 2.30. The topological polar surface area (TPSA) is 84.6 Å². The van der Waals surface area contributed by atoms with Crippen LogP contribution in [0.15, 0.2) is 0 Å². The molecular weight excluding hydrogens is 184 g/mol. The molecule has 4 N–H and O–H groups in total. The molecule has 0 spiro atoms. The number of aliphatic hydroxyl groups is 1. The minimum atomic E-state index is -0.560. The van der Waals surface area contributed by atoms with Crippen molar-refractivity contribution >= 4 is 5.91 Å². The summed E-state index contributed by atoms with van der Waals surface area (Å²) in [5.74, 6) is -0.233. The van der Waals surface area contributed by atoms with Gasteiger partial charge in [-0.2, -0.15) is 0 Å². The normalized spacial score (nSPS) is 14.9. The SMILES string of the molecule is CCC(CO)NC(=O)C(N)CCOC. The predicted molar refractivity (Wildman–Crippen MR) is 53.8 cm³/mol. The van der Waals surface area contributed by atoms with Crippen LogP contribution in [0, 0.1) is 0 Å². The van der Waals surface area contributed by atoms with E-state index in [1.807, 2.05) is 6.92 Å². The summed E-state index contributed by atoms with van der Waals surface area (Å²) in [5, 5.41) is 11.5. The molecular formula is C9H20N2O3. The first-order valence-corrected chi connectivity index (χ1v) is 4.81. The number of amides is 1. The highest BCUT2D eigenvalue weighted by atomic mass is 16.5.